The van der Waals surface area contributed by atoms with Gasteiger partial charge in [-0.3, -0.25) is 4.79 Å². The zero-order valence-electron chi connectivity index (χ0n) is 16.4. The lowest BCUT2D eigenvalue weighted by molar-refractivity contribution is -0.131. The third-order valence-electron chi connectivity index (χ3n) is 4.69. The molecule has 0 aliphatic heterocycles. The van der Waals surface area contributed by atoms with E-state index in [-0.39, 0.29) is 11.9 Å². The van der Waals surface area contributed by atoms with Gasteiger partial charge in [-0.15, -0.1) is 11.8 Å². The molecular formula is C23H26N2O2S. The summed E-state index contributed by atoms with van der Waals surface area (Å²) in [4.78, 5) is 19.3. The Morgan fingerprint density at radius 3 is 2.46 bits per heavy atom. The van der Waals surface area contributed by atoms with Crippen LogP contribution in [0.1, 0.15) is 31.5 Å². The zero-order chi connectivity index (χ0) is 19.8. The van der Waals surface area contributed by atoms with Crippen molar-refractivity contribution in [1.29, 1.82) is 0 Å². The summed E-state index contributed by atoms with van der Waals surface area (Å²) in [6.07, 6.45) is 2.61. The van der Waals surface area contributed by atoms with Crippen LogP contribution in [0.4, 0.5) is 0 Å². The van der Waals surface area contributed by atoms with Crippen molar-refractivity contribution in [3.8, 4) is 11.5 Å². The molecule has 0 bridgehead atoms. The van der Waals surface area contributed by atoms with Crippen molar-refractivity contribution < 1.29 is 9.21 Å². The number of amides is 1. The van der Waals surface area contributed by atoms with Crippen LogP contribution in [-0.2, 0) is 17.1 Å². The van der Waals surface area contributed by atoms with Gasteiger partial charge in [0, 0.05) is 23.9 Å². The van der Waals surface area contributed by atoms with E-state index >= 15 is 0 Å². The second-order valence-electron chi connectivity index (χ2n) is 6.77. The van der Waals surface area contributed by atoms with Gasteiger partial charge in [-0.25, -0.2) is 4.98 Å². The molecule has 5 heteroatoms. The summed E-state index contributed by atoms with van der Waals surface area (Å²) in [5.74, 6) is 1.87. The molecule has 28 heavy (non-hydrogen) atoms. The van der Waals surface area contributed by atoms with Crippen molar-refractivity contribution >= 4 is 17.7 Å². The van der Waals surface area contributed by atoms with E-state index in [9.17, 15) is 4.79 Å². The summed E-state index contributed by atoms with van der Waals surface area (Å²) in [6, 6.07) is 20.2. The van der Waals surface area contributed by atoms with E-state index < -0.39 is 0 Å². The van der Waals surface area contributed by atoms with Crippen LogP contribution in [0.15, 0.2) is 71.3 Å². The number of oxazole rings is 1. The number of benzene rings is 2. The first kappa shape index (κ1) is 20.2. The highest BCUT2D eigenvalue weighted by molar-refractivity contribution is 7.99. The van der Waals surface area contributed by atoms with E-state index in [1.54, 1.807) is 18.0 Å². The molecule has 3 rings (SSSR count). The number of carbonyl (C=O) groups is 1. The van der Waals surface area contributed by atoms with Crippen molar-refractivity contribution in [2.75, 3.05) is 5.75 Å². The highest BCUT2D eigenvalue weighted by Crippen LogP contribution is 2.21. The molecule has 0 spiro atoms. The maximum absolute atomic E-state index is 12.8. The second kappa shape index (κ2) is 10.1. The fourth-order valence-corrected chi connectivity index (χ4v) is 3.69. The summed E-state index contributed by atoms with van der Waals surface area (Å²) < 4.78 is 5.57. The van der Waals surface area contributed by atoms with Gasteiger partial charge in [-0.2, -0.15) is 0 Å². The number of rotatable bonds is 9. The fraction of sp³-hybridized carbons (Fsp3) is 0.304. The molecule has 0 fully saturated rings. The molecule has 1 aromatic heterocycles. The molecule has 1 atom stereocenters. The maximum Gasteiger partial charge on any atom is 0.233 e. The third kappa shape index (κ3) is 5.49. The Hall–Kier alpha value is -2.53. The van der Waals surface area contributed by atoms with Crippen molar-refractivity contribution in [3.63, 3.8) is 0 Å². The first-order valence-corrected chi connectivity index (χ1v) is 10.7. The van der Waals surface area contributed by atoms with Gasteiger partial charge in [-0.1, -0.05) is 55.5 Å². The Labute approximate surface area is 171 Å². The van der Waals surface area contributed by atoms with Gasteiger partial charge in [-0.05, 0) is 31.0 Å². The van der Waals surface area contributed by atoms with Crippen LogP contribution in [0.5, 0.6) is 0 Å². The Kier molecular flexibility index (Phi) is 7.31. The quantitative estimate of drug-likeness (QED) is 0.487. The number of carbonyl (C=O) groups excluding carboxylic acids is 1. The lowest BCUT2D eigenvalue weighted by atomic mass is 10.1. The molecule has 0 aliphatic carbocycles. The van der Waals surface area contributed by atoms with Gasteiger partial charge >= 0.3 is 0 Å². The summed E-state index contributed by atoms with van der Waals surface area (Å²) in [7, 11) is 0. The van der Waals surface area contributed by atoms with Crippen LogP contribution in [0.3, 0.4) is 0 Å². The average molecular weight is 395 g/mol. The largest absolute Gasteiger partial charge is 0.444 e. The number of nitrogens with zero attached hydrogens (tertiary/aromatic N) is 2. The predicted molar refractivity (Wildman–Crippen MR) is 115 cm³/mol. The molecule has 0 radical (unpaired) electrons. The van der Waals surface area contributed by atoms with Crippen LogP contribution in [-0.4, -0.2) is 27.6 Å². The van der Waals surface area contributed by atoms with E-state index in [0.717, 1.165) is 23.2 Å². The number of aromatic nitrogens is 1. The molecule has 1 heterocycles. The Bertz CT molecular complexity index is 865. The van der Waals surface area contributed by atoms with Crippen molar-refractivity contribution in [1.82, 2.24) is 9.88 Å². The Balaban J connectivity index is 1.55. The molecule has 2 aromatic carbocycles. The Morgan fingerprint density at radius 2 is 1.79 bits per heavy atom. The lowest BCUT2D eigenvalue weighted by Crippen LogP contribution is -2.38. The van der Waals surface area contributed by atoms with Gasteiger partial charge in [0.05, 0.1) is 11.4 Å². The van der Waals surface area contributed by atoms with Crippen LogP contribution in [0.25, 0.3) is 11.5 Å². The minimum absolute atomic E-state index is 0.162. The third-order valence-corrected chi connectivity index (χ3v) is 5.64. The molecule has 146 valence electrons. The summed E-state index contributed by atoms with van der Waals surface area (Å²) in [5.41, 5.74) is 2.97. The van der Waals surface area contributed by atoms with E-state index in [2.05, 4.69) is 31.0 Å². The van der Waals surface area contributed by atoms with Gasteiger partial charge < -0.3 is 9.32 Å². The van der Waals surface area contributed by atoms with Crippen LogP contribution >= 0.6 is 11.8 Å². The van der Waals surface area contributed by atoms with Crippen molar-refractivity contribution in [2.24, 2.45) is 0 Å². The fourth-order valence-electron chi connectivity index (χ4n) is 2.90. The topological polar surface area (TPSA) is 46.3 Å². The van der Waals surface area contributed by atoms with Crippen LogP contribution in [0.2, 0.25) is 0 Å². The molecule has 1 unspecified atom stereocenters. The summed E-state index contributed by atoms with van der Waals surface area (Å²) in [6.45, 7) is 4.87. The smallest absolute Gasteiger partial charge is 0.233 e. The SMILES string of the molecule is CCC(C)N(Cc1ccccc1)C(=O)CSCc1coc(-c2ccccc2)n1. The van der Waals surface area contributed by atoms with Crippen LogP contribution in [0, 0.1) is 0 Å². The molecule has 4 nitrogen and oxygen atoms in total. The second-order valence-corrected chi connectivity index (χ2v) is 7.75. The normalized spacial score (nSPS) is 11.9. The van der Waals surface area contributed by atoms with Crippen LogP contribution < -0.4 is 0 Å². The van der Waals surface area contributed by atoms with Gasteiger partial charge in [0.1, 0.15) is 6.26 Å². The molecule has 0 N–H and O–H groups in total. The van der Waals surface area contributed by atoms with Crippen molar-refractivity contribution in [2.45, 2.75) is 38.6 Å². The number of hydrogen-bond donors (Lipinski definition) is 0. The zero-order valence-corrected chi connectivity index (χ0v) is 17.2. The first-order chi connectivity index (χ1) is 13.7. The minimum atomic E-state index is 0.162. The number of thioether (sulfide) groups is 1. The highest BCUT2D eigenvalue weighted by Gasteiger charge is 2.19. The monoisotopic (exact) mass is 394 g/mol. The standard InChI is InChI=1S/C23H26N2O2S/c1-3-18(2)25(14-19-10-6-4-7-11-19)22(26)17-28-16-21-15-27-23(24-21)20-12-8-5-9-13-20/h4-13,15,18H,3,14,16-17H2,1-2H3. The highest BCUT2D eigenvalue weighted by atomic mass is 32.2. The first-order valence-electron chi connectivity index (χ1n) is 9.58. The van der Waals surface area contributed by atoms with E-state index in [4.69, 9.17) is 4.42 Å². The van der Waals surface area contributed by atoms with E-state index in [0.29, 0.717) is 23.9 Å². The van der Waals surface area contributed by atoms with E-state index in [1.807, 2.05) is 53.4 Å². The van der Waals surface area contributed by atoms with Gasteiger partial charge in [0.25, 0.3) is 0 Å². The molecule has 3 aromatic rings. The minimum Gasteiger partial charge on any atom is -0.444 e. The van der Waals surface area contributed by atoms with E-state index in [1.165, 1.54) is 0 Å². The maximum atomic E-state index is 12.8. The molecule has 0 saturated carbocycles. The van der Waals surface area contributed by atoms with Gasteiger partial charge in [0.2, 0.25) is 11.8 Å². The lowest BCUT2D eigenvalue weighted by Gasteiger charge is -2.28. The predicted octanol–water partition coefficient (Wildman–Crippen LogP) is 5.40. The van der Waals surface area contributed by atoms with Gasteiger partial charge in [0.15, 0.2) is 0 Å². The average Bonchev–Trinajstić information content (AvgIpc) is 3.21. The molecule has 1 amide bonds. The summed E-state index contributed by atoms with van der Waals surface area (Å²) >= 11 is 1.58. The Morgan fingerprint density at radius 1 is 1.11 bits per heavy atom. The molecular weight excluding hydrogens is 368 g/mol. The van der Waals surface area contributed by atoms with Crippen molar-refractivity contribution in [3.05, 3.63) is 78.2 Å². The molecule has 0 aliphatic rings. The summed E-state index contributed by atoms with van der Waals surface area (Å²) in [5, 5.41) is 0. The molecule has 0 saturated heterocycles. The number of hydrogen-bond acceptors (Lipinski definition) is 4.